The third-order valence-corrected chi connectivity index (χ3v) is 3.59. The van der Waals surface area contributed by atoms with E-state index in [2.05, 4.69) is 59.8 Å². The maximum Gasteiger partial charge on any atom is 0.0810 e. The summed E-state index contributed by atoms with van der Waals surface area (Å²) in [6, 6.07) is 11.3. The quantitative estimate of drug-likeness (QED) is 0.830. The van der Waals surface area contributed by atoms with Crippen LogP contribution in [-0.2, 0) is 0 Å². The summed E-state index contributed by atoms with van der Waals surface area (Å²) < 4.78 is 0. The summed E-state index contributed by atoms with van der Waals surface area (Å²) >= 11 is 0. The van der Waals surface area contributed by atoms with Crippen LogP contribution in [0.4, 0.5) is 5.69 Å². The Bertz CT molecular complexity index is 325. The van der Waals surface area contributed by atoms with E-state index in [0.717, 1.165) is 13.1 Å². The number of piperidine rings is 1. The molecule has 0 radical (unpaired) electrons. The van der Waals surface area contributed by atoms with E-state index in [9.17, 15) is 0 Å². The molecule has 2 atom stereocenters. The van der Waals surface area contributed by atoms with E-state index < -0.39 is 0 Å². The molecular formula is C14H23N3. The molecule has 94 valence electrons. The van der Waals surface area contributed by atoms with Gasteiger partial charge in [0.05, 0.1) is 6.17 Å². The van der Waals surface area contributed by atoms with Gasteiger partial charge in [-0.05, 0) is 45.5 Å². The smallest absolute Gasteiger partial charge is 0.0810 e. The van der Waals surface area contributed by atoms with Crippen LogP contribution in [0, 0.1) is 0 Å². The molecule has 3 nitrogen and oxygen atoms in total. The number of anilines is 1. The van der Waals surface area contributed by atoms with Crippen molar-refractivity contribution in [2.75, 3.05) is 25.0 Å². The van der Waals surface area contributed by atoms with Crippen molar-refractivity contribution in [3.05, 3.63) is 30.3 Å². The first-order chi connectivity index (χ1) is 8.35. The Morgan fingerprint density at radius 1 is 1.35 bits per heavy atom. The van der Waals surface area contributed by atoms with Gasteiger partial charge in [0.1, 0.15) is 0 Å². The van der Waals surface area contributed by atoms with Crippen molar-refractivity contribution in [1.29, 1.82) is 0 Å². The number of nitrogens with zero attached hydrogens (tertiary/aromatic N) is 1. The summed E-state index contributed by atoms with van der Waals surface area (Å²) in [7, 11) is 2.06. The van der Waals surface area contributed by atoms with Gasteiger partial charge < -0.3 is 10.2 Å². The van der Waals surface area contributed by atoms with Gasteiger partial charge >= 0.3 is 0 Å². The van der Waals surface area contributed by atoms with Crippen molar-refractivity contribution >= 4 is 5.69 Å². The SMILES string of the molecule is CCN(c1ccccc1)C1CC(NC)CCN1. The molecule has 0 saturated carbocycles. The van der Waals surface area contributed by atoms with E-state index in [-0.39, 0.29) is 0 Å². The van der Waals surface area contributed by atoms with Gasteiger partial charge in [-0.25, -0.2) is 0 Å². The van der Waals surface area contributed by atoms with Crippen LogP contribution in [0.15, 0.2) is 30.3 Å². The molecule has 0 aromatic heterocycles. The number of para-hydroxylation sites is 1. The van der Waals surface area contributed by atoms with Crippen molar-refractivity contribution in [2.45, 2.75) is 32.0 Å². The molecule has 1 fully saturated rings. The van der Waals surface area contributed by atoms with Crippen molar-refractivity contribution in [2.24, 2.45) is 0 Å². The molecule has 1 heterocycles. The molecule has 2 rings (SSSR count). The zero-order valence-electron chi connectivity index (χ0n) is 10.8. The molecule has 0 amide bonds. The standard InChI is InChI=1S/C14H23N3/c1-3-17(13-7-5-4-6-8-13)14-11-12(15-2)9-10-16-14/h4-8,12,14-16H,3,9-11H2,1-2H3. The summed E-state index contributed by atoms with van der Waals surface area (Å²) in [5.41, 5.74) is 1.31. The predicted molar refractivity (Wildman–Crippen MR) is 73.3 cm³/mol. The molecule has 1 saturated heterocycles. The van der Waals surface area contributed by atoms with Crippen molar-refractivity contribution in [3.63, 3.8) is 0 Å². The van der Waals surface area contributed by atoms with Crippen LogP contribution in [0.25, 0.3) is 0 Å². The summed E-state index contributed by atoms with van der Waals surface area (Å²) in [4.78, 5) is 2.45. The number of hydrogen-bond acceptors (Lipinski definition) is 3. The largest absolute Gasteiger partial charge is 0.356 e. The molecule has 0 spiro atoms. The number of rotatable bonds is 4. The van der Waals surface area contributed by atoms with Crippen LogP contribution in [0.2, 0.25) is 0 Å². The van der Waals surface area contributed by atoms with Crippen LogP contribution >= 0.6 is 0 Å². The zero-order chi connectivity index (χ0) is 12.1. The second kappa shape index (κ2) is 6.03. The Labute approximate surface area is 104 Å². The zero-order valence-corrected chi connectivity index (χ0v) is 10.8. The predicted octanol–water partition coefficient (Wildman–Crippen LogP) is 1.81. The van der Waals surface area contributed by atoms with Crippen LogP contribution < -0.4 is 15.5 Å². The number of nitrogens with one attached hydrogen (secondary N) is 2. The van der Waals surface area contributed by atoms with E-state index >= 15 is 0 Å². The maximum atomic E-state index is 3.62. The first-order valence-electron chi connectivity index (χ1n) is 6.57. The maximum absolute atomic E-state index is 3.62. The molecule has 2 unspecified atom stereocenters. The third-order valence-electron chi connectivity index (χ3n) is 3.59. The Balaban J connectivity index is 2.08. The fraction of sp³-hybridized carbons (Fsp3) is 0.571. The minimum absolute atomic E-state index is 0.452. The van der Waals surface area contributed by atoms with E-state index in [1.54, 1.807) is 0 Å². The molecule has 1 aliphatic heterocycles. The third kappa shape index (κ3) is 2.99. The van der Waals surface area contributed by atoms with Gasteiger partial charge in [0.2, 0.25) is 0 Å². The molecule has 0 bridgehead atoms. The lowest BCUT2D eigenvalue weighted by molar-refractivity contribution is 0.323. The van der Waals surface area contributed by atoms with Gasteiger partial charge in [-0.3, -0.25) is 5.32 Å². The van der Waals surface area contributed by atoms with Crippen LogP contribution in [0.3, 0.4) is 0 Å². The van der Waals surface area contributed by atoms with Crippen molar-refractivity contribution < 1.29 is 0 Å². The normalized spacial score (nSPS) is 24.6. The highest BCUT2D eigenvalue weighted by atomic mass is 15.3. The summed E-state index contributed by atoms with van der Waals surface area (Å²) in [6.45, 7) is 4.36. The molecule has 1 aromatic rings. The minimum Gasteiger partial charge on any atom is -0.356 e. The first kappa shape index (κ1) is 12.4. The average Bonchev–Trinajstić information content (AvgIpc) is 2.41. The van der Waals surface area contributed by atoms with E-state index in [1.807, 2.05) is 0 Å². The molecule has 3 heteroatoms. The summed E-state index contributed by atoms with van der Waals surface area (Å²) in [6.07, 6.45) is 2.84. The van der Waals surface area contributed by atoms with Gasteiger partial charge in [0, 0.05) is 18.3 Å². The van der Waals surface area contributed by atoms with E-state index in [1.165, 1.54) is 18.5 Å². The fourth-order valence-electron chi connectivity index (χ4n) is 2.60. The average molecular weight is 233 g/mol. The number of benzene rings is 1. The molecule has 17 heavy (non-hydrogen) atoms. The minimum atomic E-state index is 0.452. The highest BCUT2D eigenvalue weighted by Crippen LogP contribution is 2.20. The van der Waals surface area contributed by atoms with Crippen molar-refractivity contribution in [3.8, 4) is 0 Å². The van der Waals surface area contributed by atoms with Gasteiger partial charge in [-0.15, -0.1) is 0 Å². The first-order valence-corrected chi connectivity index (χ1v) is 6.57. The lowest BCUT2D eigenvalue weighted by Gasteiger charge is -2.39. The Hall–Kier alpha value is -1.06. The van der Waals surface area contributed by atoms with Gasteiger partial charge in [0.15, 0.2) is 0 Å². The summed E-state index contributed by atoms with van der Waals surface area (Å²) in [5.74, 6) is 0. The van der Waals surface area contributed by atoms with E-state index in [4.69, 9.17) is 0 Å². The lowest BCUT2D eigenvalue weighted by atomic mass is 10.0. The van der Waals surface area contributed by atoms with Crippen LogP contribution in [-0.4, -0.2) is 32.3 Å². The molecular weight excluding hydrogens is 210 g/mol. The fourth-order valence-corrected chi connectivity index (χ4v) is 2.60. The van der Waals surface area contributed by atoms with Gasteiger partial charge in [0.25, 0.3) is 0 Å². The molecule has 1 aromatic carbocycles. The van der Waals surface area contributed by atoms with Crippen LogP contribution in [0.1, 0.15) is 19.8 Å². The number of hydrogen-bond donors (Lipinski definition) is 2. The Kier molecular flexibility index (Phi) is 4.40. The van der Waals surface area contributed by atoms with Gasteiger partial charge in [-0.1, -0.05) is 18.2 Å². The highest BCUT2D eigenvalue weighted by Gasteiger charge is 2.24. The van der Waals surface area contributed by atoms with Crippen molar-refractivity contribution in [1.82, 2.24) is 10.6 Å². The molecule has 0 aliphatic carbocycles. The summed E-state index contributed by atoms with van der Waals surface area (Å²) in [5, 5.41) is 7.02. The highest BCUT2D eigenvalue weighted by molar-refractivity contribution is 5.46. The lowest BCUT2D eigenvalue weighted by Crippen LogP contribution is -2.54. The topological polar surface area (TPSA) is 27.3 Å². The van der Waals surface area contributed by atoms with E-state index in [0.29, 0.717) is 12.2 Å². The second-order valence-corrected chi connectivity index (χ2v) is 4.60. The van der Waals surface area contributed by atoms with Gasteiger partial charge in [-0.2, -0.15) is 0 Å². The second-order valence-electron chi connectivity index (χ2n) is 4.60. The Morgan fingerprint density at radius 3 is 2.76 bits per heavy atom. The Morgan fingerprint density at radius 2 is 2.12 bits per heavy atom. The van der Waals surface area contributed by atoms with Crippen LogP contribution in [0.5, 0.6) is 0 Å². The molecule has 1 aliphatic rings. The monoisotopic (exact) mass is 233 g/mol. The molecule has 2 N–H and O–H groups in total.